The van der Waals surface area contributed by atoms with E-state index in [9.17, 15) is 4.79 Å². The van der Waals surface area contributed by atoms with E-state index in [2.05, 4.69) is 15.3 Å². The van der Waals surface area contributed by atoms with E-state index in [1.165, 1.54) is 0 Å². The van der Waals surface area contributed by atoms with Gasteiger partial charge in [0.05, 0.1) is 29.8 Å². The minimum absolute atomic E-state index is 0.183. The van der Waals surface area contributed by atoms with E-state index >= 15 is 0 Å². The highest BCUT2D eigenvalue weighted by molar-refractivity contribution is 5.93. The van der Waals surface area contributed by atoms with Crippen LogP contribution in [0.2, 0.25) is 0 Å². The van der Waals surface area contributed by atoms with Crippen molar-refractivity contribution < 1.29 is 4.79 Å². The maximum absolute atomic E-state index is 12.5. The number of hydrogen-bond acceptors (Lipinski definition) is 3. The molecule has 26 heavy (non-hydrogen) atoms. The number of hydrogen-bond donors (Lipinski definition) is 2. The summed E-state index contributed by atoms with van der Waals surface area (Å²) < 4.78 is 0. The second kappa shape index (κ2) is 7.74. The molecule has 0 aliphatic heterocycles. The zero-order valence-electron chi connectivity index (χ0n) is 15.2. The van der Waals surface area contributed by atoms with E-state index < -0.39 is 0 Å². The molecule has 0 unspecified atom stereocenters. The van der Waals surface area contributed by atoms with Crippen LogP contribution in [0.3, 0.4) is 0 Å². The number of amides is 2. The monoisotopic (exact) mass is 349 g/mol. The van der Waals surface area contributed by atoms with Gasteiger partial charge in [-0.05, 0) is 17.7 Å². The van der Waals surface area contributed by atoms with Crippen LogP contribution in [0.4, 0.5) is 16.2 Å². The third-order valence-corrected chi connectivity index (χ3v) is 4.07. The molecule has 0 aliphatic carbocycles. The van der Waals surface area contributed by atoms with Gasteiger partial charge >= 0.3 is 6.03 Å². The molecule has 3 rings (SSSR count). The highest BCUT2D eigenvalue weighted by atomic mass is 16.2. The molecular formula is C20H23N5O. The molecule has 0 fully saturated rings. The maximum Gasteiger partial charge on any atom is 0.322 e. The van der Waals surface area contributed by atoms with E-state index in [1.54, 1.807) is 18.1 Å². The topological polar surface area (TPSA) is 64.3 Å². The number of carbonyl (C=O) groups is 1. The highest BCUT2D eigenvalue weighted by Gasteiger charge is 2.14. The molecule has 0 aliphatic rings. The van der Waals surface area contributed by atoms with E-state index in [1.807, 2.05) is 73.6 Å². The molecule has 2 aromatic carbocycles. The predicted octanol–water partition coefficient (Wildman–Crippen LogP) is 3.81. The number of urea groups is 1. The van der Waals surface area contributed by atoms with Crippen LogP contribution in [-0.2, 0) is 6.54 Å². The van der Waals surface area contributed by atoms with Crippen molar-refractivity contribution in [1.82, 2.24) is 14.9 Å². The van der Waals surface area contributed by atoms with Gasteiger partial charge in [-0.25, -0.2) is 9.78 Å². The van der Waals surface area contributed by atoms with Gasteiger partial charge in [-0.3, -0.25) is 0 Å². The van der Waals surface area contributed by atoms with Crippen molar-refractivity contribution in [2.75, 3.05) is 31.4 Å². The molecule has 1 heterocycles. The lowest BCUT2D eigenvalue weighted by Crippen LogP contribution is -2.31. The first-order valence-corrected chi connectivity index (χ1v) is 8.42. The molecule has 134 valence electrons. The van der Waals surface area contributed by atoms with Gasteiger partial charge in [0, 0.05) is 21.1 Å². The average molecular weight is 349 g/mol. The molecule has 0 bridgehead atoms. The lowest BCUT2D eigenvalue weighted by Gasteiger charge is -2.21. The molecule has 2 amide bonds. The van der Waals surface area contributed by atoms with Gasteiger partial charge < -0.3 is 20.1 Å². The Bertz CT molecular complexity index is 873. The Hall–Kier alpha value is -3.28. The van der Waals surface area contributed by atoms with Crippen molar-refractivity contribution in [3.05, 3.63) is 66.6 Å². The summed E-state index contributed by atoms with van der Waals surface area (Å²) in [6, 6.07) is 17.5. The summed E-state index contributed by atoms with van der Waals surface area (Å²) in [6.45, 7) is 0.392. The Morgan fingerprint density at radius 1 is 1.04 bits per heavy atom. The van der Waals surface area contributed by atoms with E-state index in [4.69, 9.17) is 0 Å². The molecular weight excluding hydrogens is 326 g/mol. The Morgan fingerprint density at radius 3 is 2.46 bits per heavy atom. The quantitative estimate of drug-likeness (QED) is 0.736. The Labute approximate surface area is 153 Å². The fourth-order valence-electron chi connectivity index (χ4n) is 2.68. The number of H-pyrrole nitrogens is 1. The molecule has 0 spiro atoms. The Kier molecular flexibility index (Phi) is 5.22. The van der Waals surface area contributed by atoms with Crippen molar-refractivity contribution in [2.45, 2.75) is 6.54 Å². The fourth-order valence-corrected chi connectivity index (χ4v) is 2.68. The lowest BCUT2D eigenvalue weighted by atomic mass is 10.2. The first-order valence-electron chi connectivity index (χ1n) is 8.42. The number of carbonyl (C=O) groups excluding carboxylic acids is 1. The second-order valence-electron chi connectivity index (χ2n) is 6.31. The van der Waals surface area contributed by atoms with E-state index in [-0.39, 0.29) is 6.03 Å². The van der Waals surface area contributed by atoms with Gasteiger partial charge in [0.25, 0.3) is 0 Å². The minimum Gasteiger partial charge on any atom is -0.376 e. The van der Waals surface area contributed by atoms with Crippen LogP contribution < -0.4 is 10.2 Å². The largest absolute Gasteiger partial charge is 0.376 e. The molecule has 0 radical (unpaired) electrons. The molecule has 6 nitrogen and oxygen atoms in total. The van der Waals surface area contributed by atoms with Gasteiger partial charge in [0.15, 0.2) is 0 Å². The van der Waals surface area contributed by atoms with Crippen LogP contribution in [0.25, 0.3) is 11.3 Å². The number of aromatic nitrogens is 2. The number of nitrogens with zero attached hydrogens (tertiary/aromatic N) is 3. The molecule has 3 aromatic rings. The lowest BCUT2D eigenvalue weighted by molar-refractivity contribution is 0.219. The van der Waals surface area contributed by atoms with Crippen molar-refractivity contribution in [1.29, 1.82) is 0 Å². The molecule has 1 aromatic heterocycles. The summed E-state index contributed by atoms with van der Waals surface area (Å²) in [5, 5.41) is 2.95. The number of para-hydroxylation sites is 2. The third-order valence-electron chi connectivity index (χ3n) is 4.07. The third kappa shape index (κ3) is 4.03. The number of benzene rings is 2. The molecule has 0 saturated carbocycles. The summed E-state index contributed by atoms with van der Waals surface area (Å²) in [5.41, 5.74) is 3.74. The predicted molar refractivity (Wildman–Crippen MR) is 105 cm³/mol. The van der Waals surface area contributed by atoms with Crippen LogP contribution in [0.1, 0.15) is 5.82 Å². The second-order valence-corrected chi connectivity index (χ2v) is 6.31. The molecule has 0 saturated heterocycles. The summed E-state index contributed by atoms with van der Waals surface area (Å²) in [4.78, 5) is 23.7. The summed E-state index contributed by atoms with van der Waals surface area (Å²) in [5.74, 6) is 0.738. The summed E-state index contributed by atoms with van der Waals surface area (Å²) in [7, 11) is 5.64. The maximum atomic E-state index is 12.5. The SMILES string of the molecule is CN(Cc1ncc(-c2ccccc2)[nH]1)C(=O)Nc1ccccc1N(C)C. The van der Waals surface area contributed by atoms with Crippen LogP contribution in [0, 0.1) is 0 Å². The van der Waals surface area contributed by atoms with Crippen LogP contribution in [0.15, 0.2) is 60.8 Å². The van der Waals surface area contributed by atoms with Crippen molar-refractivity contribution in [3.8, 4) is 11.3 Å². The minimum atomic E-state index is -0.183. The highest BCUT2D eigenvalue weighted by Crippen LogP contribution is 2.24. The van der Waals surface area contributed by atoms with Gasteiger partial charge in [0.2, 0.25) is 0 Å². The van der Waals surface area contributed by atoms with Gasteiger partial charge in [0.1, 0.15) is 5.82 Å². The Balaban J connectivity index is 1.66. The van der Waals surface area contributed by atoms with Crippen molar-refractivity contribution in [2.24, 2.45) is 0 Å². The molecule has 2 N–H and O–H groups in total. The molecule has 6 heteroatoms. The summed E-state index contributed by atoms with van der Waals surface area (Å²) >= 11 is 0. The summed E-state index contributed by atoms with van der Waals surface area (Å²) in [6.07, 6.45) is 1.79. The first kappa shape index (κ1) is 17.5. The van der Waals surface area contributed by atoms with Gasteiger partial charge in [-0.1, -0.05) is 42.5 Å². The van der Waals surface area contributed by atoms with Crippen LogP contribution in [0.5, 0.6) is 0 Å². The smallest absolute Gasteiger partial charge is 0.322 e. The Morgan fingerprint density at radius 2 is 1.73 bits per heavy atom. The van der Waals surface area contributed by atoms with Gasteiger partial charge in [-0.2, -0.15) is 0 Å². The zero-order chi connectivity index (χ0) is 18.5. The van der Waals surface area contributed by atoms with Crippen molar-refractivity contribution >= 4 is 17.4 Å². The zero-order valence-corrected chi connectivity index (χ0v) is 15.2. The number of anilines is 2. The first-order chi connectivity index (χ1) is 12.5. The standard InChI is InChI=1S/C20H23N5O/c1-24(2)18-12-8-7-11-16(18)23-20(26)25(3)14-19-21-13-17(22-19)15-9-5-4-6-10-15/h4-13H,14H2,1-3H3,(H,21,22)(H,23,26). The van der Waals surface area contributed by atoms with Crippen LogP contribution >= 0.6 is 0 Å². The van der Waals surface area contributed by atoms with E-state index in [0.29, 0.717) is 6.54 Å². The number of nitrogens with one attached hydrogen (secondary N) is 2. The van der Waals surface area contributed by atoms with E-state index in [0.717, 1.165) is 28.5 Å². The normalized spacial score (nSPS) is 10.4. The van der Waals surface area contributed by atoms with Crippen molar-refractivity contribution in [3.63, 3.8) is 0 Å². The van der Waals surface area contributed by atoms with Crippen LogP contribution in [-0.4, -0.2) is 42.0 Å². The number of imidazole rings is 1. The fraction of sp³-hybridized carbons (Fsp3) is 0.200. The number of aromatic amines is 1. The molecule has 0 atom stereocenters. The average Bonchev–Trinajstić information content (AvgIpc) is 3.11. The number of rotatable bonds is 5. The van der Waals surface area contributed by atoms with Gasteiger partial charge in [-0.15, -0.1) is 0 Å².